The van der Waals surface area contributed by atoms with E-state index in [1.165, 1.54) is 0 Å². The lowest BCUT2D eigenvalue weighted by Gasteiger charge is -2.18. The summed E-state index contributed by atoms with van der Waals surface area (Å²) in [5, 5.41) is 12.5. The number of ether oxygens (including phenoxy) is 1. The predicted molar refractivity (Wildman–Crippen MR) is 46.7 cm³/mol. The maximum atomic E-state index is 9.37. The first-order valence-corrected chi connectivity index (χ1v) is 4.26. The van der Waals surface area contributed by atoms with Crippen LogP contribution in [0.15, 0.2) is 0 Å². The van der Waals surface area contributed by atoms with Crippen molar-refractivity contribution in [2.75, 3.05) is 13.2 Å². The highest BCUT2D eigenvalue weighted by atomic mass is 16.5. The predicted octanol–water partition coefficient (Wildman–Crippen LogP) is -0.253. The van der Waals surface area contributed by atoms with Crippen LogP contribution in [-0.2, 0) is 4.74 Å². The van der Waals surface area contributed by atoms with Crippen LogP contribution in [0.3, 0.4) is 0 Å². The zero-order chi connectivity index (χ0) is 8.97. The van der Waals surface area contributed by atoms with Crippen LogP contribution in [0, 0.1) is 12.3 Å². The van der Waals surface area contributed by atoms with Gasteiger partial charge in [-0.25, -0.2) is 0 Å². The highest BCUT2D eigenvalue weighted by Gasteiger charge is 2.26. The molecule has 0 aromatic carbocycles. The second-order valence-corrected chi connectivity index (χ2v) is 3.01. The van der Waals surface area contributed by atoms with Crippen molar-refractivity contribution in [3.63, 3.8) is 0 Å². The largest absolute Gasteiger partial charge is 0.389 e. The van der Waals surface area contributed by atoms with Crippen molar-refractivity contribution >= 4 is 0 Å². The lowest BCUT2D eigenvalue weighted by atomic mass is 10.1. The molecule has 0 aliphatic carbocycles. The Morgan fingerprint density at radius 1 is 1.75 bits per heavy atom. The Labute approximate surface area is 73.1 Å². The highest BCUT2D eigenvalue weighted by Crippen LogP contribution is 2.06. The monoisotopic (exact) mass is 169 g/mol. The summed E-state index contributed by atoms with van der Waals surface area (Å²) in [7, 11) is 0. The summed E-state index contributed by atoms with van der Waals surface area (Å²) < 4.78 is 5.08. The van der Waals surface area contributed by atoms with Crippen LogP contribution in [-0.4, -0.2) is 36.5 Å². The standard InChI is InChI=1S/C9H15NO2/c1-3-7(4-2)10-8-5-12-6-9(8)11/h1,7-11H,4-6H2,2H3. The van der Waals surface area contributed by atoms with Crippen molar-refractivity contribution in [3.8, 4) is 12.3 Å². The van der Waals surface area contributed by atoms with Crippen LogP contribution in [0.25, 0.3) is 0 Å². The topological polar surface area (TPSA) is 41.5 Å². The number of aliphatic hydroxyl groups is 1. The molecule has 2 N–H and O–H groups in total. The molecule has 3 nitrogen and oxygen atoms in total. The molecule has 0 radical (unpaired) electrons. The summed E-state index contributed by atoms with van der Waals surface area (Å²) in [6, 6.07) is 0.0531. The molecule has 1 aliphatic heterocycles. The molecule has 3 heteroatoms. The first-order valence-electron chi connectivity index (χ1n) is 4.26. The quantitative estimate of drug-likeness (QED) is 0.572. The smallest absolute Gasteiger partial charge is 0.0949 e. The molecule has 0 aromatic heterocycles. The maximum Gasteiger partial charge on any atom is 0.0949 e. The van der Waals surface area contributed by atoms with E-state index in [0.29, 0.717) is 13.2 Å². The molecular weight excluding hydrogens is 154 g/mol. The van der Waals surface area contributed by atoms with Gasteiger partial charge in [0.1, 0.15) is 0 Å². The number of hydrogen-bond acceptors (Lipinski definition) is 3. The van der Waals surface area contributed by atoms with E-state index < -0.39 is 6.10 Å². The first kappa shape index (κ1) is 9.53. The van der Waals surface area contributed by atoms with E-state index in [0.717, 1.165) is 6.42 Å². The Hall–Kier alpha value is -0.560. The van der Waals surface area contributed by atoms with E-state index in [2.05, 4.69) is 11.2 Å². The molecular formula is C9H15NO2. The zero-order valence-electron chi connectivity index (χ0n) is 7.29. The summed E-state index contributed by atoms with van der Waals surface area (Å²) >= 11 is 0. The molecule has 0 bridgehead atoms. The van der Waals surface area contributed by atoms with Gasteiger partial charge in [0.25, 0.3) is 0 Å². The zero-order valence-corrected chi connectivity index (χ0v) is 7.29. The van der Waals surface area contributed by atoms with Gasteiger partial charge in [-0.15, -0.1) is 6.42 Å². The third-order valence-electron chi connectivity index (χ3n) is 2.08. The average molecular weight is 169 g/mol. The van der Waals surface area contributed by atoms with Gasteiger partial charge in [0.15, 0.2) is 0 Å². The summed E-state index contributed by atoms with van der Waals surface area (Å²) in [4.78, 5) is 0. The minimum atomic E-state index is -0.410. The summed E-state index contributed by atoms with van der Waals surface area (Å²) in [6.45, 7) is 2.98. The van der Waals surface area contributed by atoms with Gasteiger partial charge >= 0.3 is 0 Å². The Morgan fingerprint density at radius 3 is 2.92 bits per heavy atom. The fourth-order valence-electron chi connectivity index (χ4n) is 1.24. The van der Waals surface area contributed by atoms with Gasteiger partial charge < -0.3 is 9.84 Å². The Kier molecular flexibility index (Phi) is 3.54. The fourth-order valence-corrected chi connectivity index (χ4v) is 1.24. The SMILES string of the molecule is C#CC(CC)NC1COCC1O. The number of rotatable bonds is 3. The van der Waals surface area contributed by atoms with Crippen LogP contribution in [0.4, 0.5) is 0 Å². The highest BCUT2D eigenvalue weighted by molar-refractivity contribution is 5.00. The fraction of sp³-hybridized carbons (Fsp3) is 0.778. The van der Waals surface area contributed by atoms with E-state index in [4.69, 9.17) is 11.2 Å². The van der Waals surface area contributed by atoms with Crippen LogP contribution >= 0.6 is 0 Å². The van der Waals surface area contributed by atoms with Crippen LogP contribution < -0.4 is 5.32 Å². The van der Waals surface area contributed by atoms with Gasteiger partial charge in [-0.2, -0.15) is 0 Å². The van der Waals surface area contributed by atoms with E-state index in [1.807, 2.05) is 6.92 Å². The molecule has 0 amide bonds. The molecule has 68 valence electrons. The van der Waals surface area contributed by atoms with Gasteiger partial charge in [0, 0.05) is 0 Å². The maximum absolute atomic E-state index is 9.37. The molecule has 3 atom stereocenters. The molecule has 12 heavy (non-hydrogen) atoms. The molecule has 3 unspecified atom stereocenters. The summed E-state index contributed by atoms with van der Waals surface area (Å²) in [5.74, 6) is 2.62. The molecule has 1 aliphatic rings. The Morgan fingerprint density at radius 2 is 2.50 bits per heavy atom. The van der Waals surface area contributed by atoms with Crippen LogP contribution in [0.1, 0.15) is 13.3 Å². The van der Waals surface area contributed by atoms with Crippen molar-refractivity contribution in [1.29, 1.82) is 0 Å². The normalized spacial score (nSPS) is 31.4. The van der Waals surface area contributed by atoms with E-state index in [9.17, 15) is 5.11 Å². The third-order valence-corrected chi connectivity index (χ3v) is 2.08. The van der Waals surface area contributed by atoms with Crippen molar-refractivity contribution < 1.29 is 9.84 Å². The number of aliphatic hydroxyl groups excluding tert-OH is 1. The molecule has 0 aromatic rings. The average Bonchev–Trinajstić information content (AvgIpc) is 2.47. The molecule has 1 saturated heterocycles. The van der Waals surface area contributed by atoms with Gasteiger partial charge in [-0.3, -0.25) is 5.32 Å². The van der Waals surface area contributed by atoms with Gasteiger partial charge in [-0.1, -0.05) is 12.8 Å². The van der Waals surface area contributed by atoms with Gasteiger partial charge in [0.05, 0.1) is 31.4 Å². The molecule has 1 rings (SSSR count). The van der Waals surface area contributed by atoms with Gasteiger partial charge in [0.2, 0.25) is 0 Å². The van der Waals surface area contributed by atoms with Crippen molar-refractivity contribution in [2.45, 2.75) is 31.5 Å². The van der Waals surface area contributed by atoms with E-state index in [1.54, 1.807) is 0 Å². The summed E-state index contributed by atoms with van der Waals surface area (Å²) in [5.41, 5.74) is 0. The lowest BCUT2D eigenvalue weighted by molar-refractivity contribution is 0.122. The second kappa shape index (κ2) is 4.46. The number of nitrogens with one attached hydrogen (secondary N) is 1. The molecule has 0 saturated carbocycles. The van der Waals surface area contributed by atoms with Crippen molar-refractivity contribution in [2.24, 2.45) is 0 Å². The third kappa shape index (κ3) is 2.21. The number of hydrogen-bond donors (Lipinski definition) is 2. The Balaban J connectivity index is 2.34. The summed E-state index contributed by atoms with van der Waals surface area (Å²) in [6.07, 6.45) is 5.74. The van der Waals surface area contributed by atoms with Crippen molar-refractivity contribution in [3.05, 3.63) is 0 Å². The minimum absolute atomic E-state index is 0.00556. The van der Waals surface area contributed by atoms with Gasteiger partial charge in [-0.05, 0) is 6.42 Å². The molecule has 1 heterocycles. The van der Waals surface area contributed by atoms with Crippen LogP contribution in [0.5, 0.6) is 0 Å². The second-order valence-electron chi connectivity index (χ2n) is 3.01. The number of terminal acetylenes is 1. The molecule has 1 fully saturated rings. The minimum Gasteiger partial charge on any atom is -0.389 e. The molecule has 0 spiro atoms. The van der Waals surface area contributed by atoms with E-state index >= 15 is 0 Å². The lowest BCUT2D eigenvalue weighted by Crippen LogP contribution is -2.44. The Bertz CT molecular complexity index is 176. The van der Waals surface area contributed by atoms with Crippen LogP contribution in [0.2, 0.25) is 0 Å². The van der Waals surface area contributed by atoms with Crippen molar-refractivity contribution in [1.82, 2.24) is 5.32 Å². The first-order chi connectivity index (χ1) is 5.77. The van der Waals surface area contributed by atoms with E-state index in [-0.39, 0.29) is 12.1 Å².